The number of methoxy groups -OCH3 is 1. The highest BCUT2D eigenvalue weighted by molar-refractivity contribution is 7.92. The Hall–Kier alpha value is -1.64. The standard InChI is InChI=1S/C17H24N2O5S/c1-19(25(3,21)22)12-6-4-11(5-7-12)17(20)18-15-13-8-9-24-16(13)14(15)10-23-2/h4-7,13-16H,8-10H2,1-3H3,(H,18,20)/t13-,14+,15+,16-/m0/s1. The van der Waals surface area contributed by atoms with Crippen LogP contribution in [-0.4, -0.2) is 60.1 Å². The van der Waals surface area contributed by atoms with Crippen LogP contribution in [0.1, 0.15) is 16.8 Å². The van der Waals surface area contributed by atoms with Crippen molar-refractivity contribution in [2.45, 2.75) is 18.6 Å². The third-order valence-corrected chi connectivity index (χ3v) is 6.38. The minimum atomic E-state index is -3.32. The molecule has 0 radical (unpaired) electrons. The molecule has 0 bridgehead atoms. The maximum absolute atomic E-state index is 12.5. The lowest BCUT2D eigenvalue weighted by atomic mass is 9.67. The lowest BCUT2D eigenvalue weighted by molar-refractivity contribution is -0.0809. The van der Waals surface area contributed by atoms with Crippen LogP contribution in [-0.2, 0) is 19.5 Å². The summed E-state index contributed by atoms with van der Waals surface area (Å²) in [6, 6.07) is 6.59. The van der Waals surface area contributed by atoms with Gasteiger partial charge in [-0.3, -0.25) is 9.10 Å². The number of fused-ring (bicyclic) bond motifs is 1. The van der Waals surface area contributed by atoms with Crippen molar-refractivity contribution in [3.05, 3.63) is 29.8 Å². The Bertz CT molecular complexity index is 734. The van der Waals surface area contributed by atoms with Crippen LogP contribution >= 0.6 is 0 Å². The molecule has 0 aromatic heterocycles. The molecule has 138 valence electrons. The maximum atomic E-state index is 12.5. The van der Waals surface area contributed by atoms with Crippen LogP contribution in [0.15, 0.2) is 24.3 Å². The maximum Gasteiger partial charge on any atom is 0.251 e. The van der Waals surface area contributed by atoms with Gasteiger partial charge in [0, 0.05) is 44.2 Å². The lowest BCUT2D eigenvalue weighted by Gasteiger charge is -2.47. The number of rotatable bonds is 6. The van der Waals surface area contributed by atoms with Gasteiger partial charge in [-0.25, -0.2) is 8.42 Å². The molecular weight excluding hydrogens is 344 g/mol. The van der Waals surface area contributed by atoms with E-state index in [-0.39, 0.29) is 24.0 Å². The van der Waals surface area contributed by atoms with E-state index >= 15 is 0 Å². The van der Waals surface area contributed by atoms with Gasteiger partial charge in [-0.15, -0.1) is 0 Å². The summed E-state index contributed by atoms with van der Waals surface area (Å²) >= 11 is 0. The third kappa shape index (κ3) is 3.51. The van der Waals surface area contributed by atoms with E-state index in [0.29, 0.717) is 23.8 Å². The summed E-state index contributed by atoms with van der Waals surface area (Å²) in [7, 11) is -0.190. The van der Waals surface area contributed by atoms with Crippen molar-refractivity contribution < 1.29 is 22.7 Å². The first-order chi connectivity index (χ1) is 11.8. The number of ether oxygens (including phenoxy) is 2. The molecule has 7 nitrogen and oxygen atoms in total. The van der Waals surface area contributed by atoms with Gasteiger partial charge in [0.15, 0.2) is 0 Å². The first kappa shape index (κ1) is 18.2. The molecule has 1 aliphatic carbocycles. The summed E-state index contributed by atoms with van der Waals surface area (Å²) in [5.74, 6) is 0.363. The molecule has 1 aromatic carbocycles. The predicted octanol–water partition coefficient (Wildman–Crippen LogP) is 0.862. The second-order valence-electron chi connectivity index (χ2n) is 6.68. The van der Waals surface area contributed by atoms with E-state index in [4.69, 9.17) is 9.47 Å². The highest BCUT2D eigenvalue weighted by atomic mass is 32.2. The van der Waals surface area contributed by atoms with Crippen molar-refractivity contribution in [2.75, 3.05) is 37.9 Å². The largest absolute Gasteiger partial charge is 0.384 e. The zero-order valence-electron chi connectivity index (χ0n) is 14.6. The van der Waals surface area contributed by atoms with E-state index in [1.807, 2.05) is 0 Å². The quantitative estimate of drug-likeness (QED) is 0.805. The first-order valence-electron chi connectivity index (χ1n) is 8.28. The van der Waals surface area contributed by atoms with Gasteiger partial charge in [-0.1, -0.05) is 0 Å². The summed E-state index contributed by atoms with van der Waals surface area (Å²) < 4.78 is 35.3. The Balaban J connectivity index is 1.67. The summed E-state index contributed by atoms with van der Waals surface area (Å²) in [5.41, 5.74) is 1.02. The predicted molar refractivity (Wildman–Crippen MR) is 94.2 cm³/mol. The van der Waals surface area contributed by atoms with Gasteiger partial charge in [0.25, 0.3) is 5.91 Å². The van der Waals surface area contributed by atoms with Gasteiger partial charge in [0.1, 0.15) is 0 Å². The van der Waals surface area contributed by atoms with Crippen molar-refractivity contribution in [1.29, 1.82) is 0 Å². The number of hydrogen-bond donors (Lipinski definition) is 1. The van der Waals surface area contributed by atoms with Crippen molar-refractivity contribution in [3.8, 4) is 0 Å². The number of anilines is 1. The number of nitrogens with one attached hydrogen (secondary N) is 1. The average molecular weight is 368 g/mol. The zero-order chi connectivity index (χ0) is 18.2. The molecule has 25 heavy (non-hydrogen) atoms. The van der Waals surface area contributed by atoms with Gasteiger partial charge < -0.3 is 14.8 Å². The fourth-order valence-electron chi connectivity index (χ4n) is 3.68. The molecule has 2 fully saturated rings. The van der Waals surface area contributed by atoms with E-state index < -0.39 is 10.0 Å². The number of carbonyl (C=O) groups excluding carboxylic acids is 1. The molecule has 1 saturated carbocycles. The fraction of sp³-hybridized carbons (Fsp3) is 0.588. The first-order valence-corrected chi connectivity index (χ1v) is 10.1. The van der Waals surface area contributed by atoms with Gasteiger partial charge in [0.2, 0.25) is 10.0 Å². The average Bonchev–Trinajstić information content (AvgIpc) is 3.00. The van der Waals surface area contributed by atoms with E-state index in [1.165, 1.54) is 11.4 Å². The molecular formula is C17H24N2O5S. The van der Waals surface area contributed by atoms with Crippen LogP contribution in [0.25, 0.3) is 0 Å². The molecule has 3 rings (SSSR count). The van der Waals surface area contributed by atoms with Crippen molar-refractivity contribution >= 4 is 21.6 Å². The number of carbonyl (C=O) groups is 1. The van der Waals surface area contributed by atoms with Crippen LogP contribution < -0.4 is 9.62 Å². The highest BCUT2D eigenvalue weighted by Gasteiger charge is 2.54. The Morgan fingerprint density at radius 2 is 2.04 bits per heavy atom. The number of hydrogen-bond acceptors (Lipinski definition) is 5. The SMILES string of the molecule is COC[C@@H]1[C@H](NC(=O)c2ccc(N(C)S(C)(=O)=O)cc2)[C@@H]2CCO[C@H]12. The Morgan fingerprint density at radius 1 is 1.36 bits per heavy atom. The minimum Gasteiger partial charge on any atom is -0.384 e. The van der Waals surface area contributed by atoms with E-state index in [1.54, 1.807) is 31.4 Å². The van der Waals surface area contributed by atoms with Crippen LogP contribution in [0.3, 0.4) is 0 Å². The number of amides is 1. The van der Waals surface area contributed by atoms with Gasteiger partial charge in [-0.05, 0) is 30.7 Å². The normalized spacial score (nSPS) is 28.1. The smallest absolute Gasteiger partial charge is 0.251 e. The number of sulfonamides is 1. The molecule has 1 saturated heterocycles. The van der Waals surface area contributed by atoms with Gasteiger partial charge in [0.05, 0.1) is 24.7 Å². The Labute approximate surface area is 148 Å². The third-order valence-electron chi connectivity index (χ3n) is 5.18. The molecule has 1 amide bonds. The topological polar surface area (TPSA) is 84.9 Å². The lowest BCUT2D eigenvalue weighted by Crippen LogP contribution is -2.62. The Morgan fingerprint density at radius 3 is 2.64 bits per heavy atom. The Kier molecular flexibility index (Phi) is 5.04. The van der Waals surface area contributed by atoms with E-state index in [0.717, 1.165) is 19.3 Å². The molecule has 4 atom stereocenters. The zero-order valence-corrected chi connectivity index (χ0v) is 15.5. The van der Waals surface area contributed by atoms with Crippen LogP contribution in [0.5, 0.6) is 0 Å². The van der Waals surface area contributed by atoms with Crippen molar-refractivity contribution in [1.82, 2.24) is 5.32 Å². The van der Waals surface area contributed by atoms with Crippen molar-refractivity contribution in [3.63, 3.8) is 0 Å². The second kappa shape index (κ2) is 6.93. The monoisotopic (exact) mass is 368 g/mol. The molecule has 2 aliphatic rings. The van der Waals surface area contributed by atoms with Gasteiger partial charge in [-0.2, -0.15) is 0 Å². The molecule has 1 aliphatic heterocycles. The van der Waals surface area contributed by atoms with Gasteiger partial charge >= 0.3 is 0 Å². The summed E-state index contributed by atoms with van der Waals surface area (Å²) in [5, 5.41) is 3.09. The van der Waals surface area contributed by atoms with Crippen molar-refractivity contribution in [2.24, 2.45) is 11.8 Å². The molecule has 0 unspecified atom stereocenters. The molecule has 0 spiro atoms. The van der Waals surface area contributed by atoms with Crippen LogP contribution in [0.4, 0.5) is 5.69 Å². The molecule has 1 N–H and O–H groups in total. The van der Waals surface area contributed by atoms with E-state index in [2.05, 4.69) is 5.32 Å². The minimum absolute atomic E-state index is 0.0540. The second-order valence-corrected chi connectivity index (χ2v) is 8.70. The highest BCUT2D eigenvalue weighted by Crippen LogP contribution is 2.43. The van der Waals surface area contributed by atoms with Crippen LogP contribution in [0.2, 0.25) is 0 Å². The number of benzene rings is 1. The van der Waals surface area contributed by atoms with E-state index in [9.17, 15) is 13.2 Å². The number of nitrogens with zero attached hydrogens (tertiary/aromatic N) is 1. The summed E-state index contributed by atoms with van der Waals surface area (Å²) in [6.07, 6.45) is 2.27. The summed E-state index contributed by atoms with van der Waals surface area (Å²) in [6.45, 7) is 1.29. The molecule has 1 aromatic rings. The molecule has 8 heteroatoms. The van der Waals surface area contributed by atoms with Crippen LogP contribution in [0, 0.1) is 11.8 Å². The molecule has 1 heterocycles. The summed E-state index contributed by atoms with van der Waals surface area (Å²) in [4.78, 5) is 12.5. The fourth-order valence-corrected chi connectivity index (χ4v) is 4.19.